The molecule has 3 unspecified atom stereocenters. The molecule has 194 valence electrons. The number of hydrogen-bond donors (Lipinski definition) is 4. The van der Waals surface area contributed by atoms with Gasteiger partial charge in [0.15, 0.2) is 12.6 Å². The zero-order valence-electron chi connectivity index (χ0n) is 19.3. The Labute approximate surface area is 212 Å². The molecule has 1 aromatic carbocycles. The molecular formula is C23H28ClN4O7P. The van der Waals surface area contributed by atoms with Crippen LogP contribution in [-0.2, 0) is 14.0 Å². The van der Waals surface area contributed by atoms with E-state index in [1.54, 1.807) is 47.2 Å². The summed E-state index contributed by atoms with van der Waals surface area (Å²) in [5, 5.41) is 25.5. The number of aliphatic hydroxyl groups is 2. The van der Waals surface area contributed by atoms with E-state index in [9.17, 15) is 19.7 Å². The molecular weight excluding hydrogens is 511 g/mol. The summed E-state index contributed by atoms with van der Waals surface area (Å²) in [6, 6.07) is 10.3. The number of hydrogen-bond acceptors (Lipinski definition) is 9. The van der Waals surface area contributed by atoms with Gasteiger partial charge in [-0.05, 0) is 42.6 Å². The van der Waals surface area contributed by atoms with E-state index in [1.807, 2.05) is 0 Å². The van der Waals surface area contributed by atoms with Crippen molar-refractivity contribution in [2.75, 3.05) is 18.3 Å². The number of aromatic nitrogens is 3. The molecule has 2 aromatic heterocycles. The molecule has 4 N–H and O–H groups in total. The first-order chi connectivity index (χ1) is 17.3. The third-order valence-electron chi connectivity index (χ3n) is 6.38. The molecule has 11 nitrogen and oxygen atoms in total. The number of ether oxygens (including phenoxy) is 2. The van der Waals surface area contributed by atoms with Crippen molar-refractivity contribution in [2.24, 2.45) is 0 Å². The predicted molar refractivity (Wildman–Crippen MR) is 132 cm³/mol. The highest BCUT2D eigenvalue weighted by Gasteiger charge is 2.44. The zero-order chi connectivity index (χ0) is 25.3. The van der Waals surface area contributed by atoms with Crippen molar-refractivity contribution in [3.05, 3.63) is 47.9 Å². The van der Waals surface area contributed by atoms with Crippen LogP contribution in [0.25, 0.3) is 11.0 Å². The van der Waals surface area contributed by atoms with Crippen molar-refractivity contribution in [1.29, 1.82) is 0 Å². The first-order valence-electron chi connectivity index (χ1n) is 11.8. The molecule has 1 saturated carbocycles. The van der Waals surface area contributed by atoms with E-state index in [2.05, 4.69) is 15.3 Å². The van der Waals surface area contributed by atoms with Crippen molar-refractivity contribution >= 4 is 36.0 Å². The van der Waals surface area contributed by atoms with Gasteiger partial charge in [-0.3, -0.25) is 0 Å². The third-order valence-corrected chi connectivity index (χ3v) is 7.55. The van der Waals surface area contributed by atoms with Gasteiger partial charge >= 0.3 is 7.60 Å². The standard InChI is InChI=1S/C23H28ClN4O7P/c24-23-26-20(25-14-6-4-5-7-14)16-10-11-28(21(16)27-23)22-19(30)18(29)17(34-22)12-33-13-36(31,32)35-15-8-2-1-3-9-15/h1-3,8-11,14,17-19,22,29-30H,4-7,12-13H2,(H,31,32)(H,25,26,27)/t17?,18-,19-,22?/m1/s1. The van der Waals surface area contributed by atoms with Crippen LogP contribution in [0, 0.1) is 0 Å². The lowest BCUT2D eigenvalue weighted by Crippen LogP contribution is -2.34. The van der Waals surface area contributed by atoms with Crippen molar-refractivity contribution < 1.29 is 33.7 Å². The van der Waals surface area contributed by atoms with E-state index in [4.69, 9.17) is 25.6 Å². The fourth-order valence-corrected chi connectivity index (χ4v) is 5.64. The lowest BCUT2D eigenvalue weighted by molar-refractivity contribution is -0.0610. The smallest absolute Gasteiger partial charge is 0.402 e. The first kappa shape index (κ1) is 25.4. The highest BCUT2D eigenvalue weighted by molar-refractivity contribution is 7.53. The Kier molecular flexibility index (Phi) is 7.50. The number of benzene rings is 1. The topological polar surface area (TPSA) is 148 Å². The van der Waals surface area contributed by atoms with E-state index in [0.717, 1.165) is 31.1 Å². The summed E-state index contributed by atoms with van der Waals surface area (Å²) in [6.45, 7) is -0.235. The maximum Gasteiger partial charge on any atom is 0.402 e. The Morgan fingerprint density at radius 1 is 1.14 bits per heavy atom. The van der Waals surface area contributed by atoms with Crippen LogP contribution in [0.5, 0.6) is 5.75 Å². The quantitative estimate of drug-likeness (QED) is 0.236. The minimum atomic E-state index is -4.09. The van der Waals surface area contributed by atoms with Crippen LogP contribution < -0.4 is 9.84 Å². The molecule has 0 amide bonds. The fourth-order valence-electron chi connectivity index (χ4n) is 4.64. The molecule has 36 heavy (non-hydrogen) atoms. The number of para-hydroxylation sites is 1. The molecule has 3 aromatic rings. The number of fused-ring (bicyclic) bond motifs is 1. The minimum Gasteiger partial charge on any atom is -0.423 e. The second kappa shape index (κ2) is 10.6. The van der Waals surface area contributed by atoms with Gasteiger partial charge in [-0.25, -0.2) is 9.55 Å². The summed E-state index contributed by atoms with van der Waals surface area (Å²) >= 11 is 6.20. The van der Waals surface area contributed by atoms with Crippen LogP contribution in [0.4, 0.5) is 5.82 Å². The Balaban J connectivity index is 1.26. The number of nitrogens with zero attached hydrogens (tertiary/aromatic N) is 3. The molecule has 2 fully saturated rings. The van der Waals surface area contributed by atoms with Gasteiger partial charge in [0.1, 0.15) is 35.5 Å². The molecule has 0 spiro atoms. The van der Waals surface area contributed by atoms with Gasteiger partial charge in [0.2, 0.25) is 5.28 Å². The van der Waals surface area contributed by atoms with Crippen LogP contribution in [0.1, 0.15) is 31.9 Å². The Bertz CT molecular complexity index is 1240. The van der Waals surface area contributed by atoms with Crippen LogP contribution >= 0.6 is 19.2 Å². The van der Waals surface area contributed by atoms with E-state index >= 15 is 0 Å². The number of halogens is 1. The monoisotopic (exact) mass is 538 g/mol. The average Bonchev–Trinajstić information content (AvgIpc) is 3.56. The molecule has 1 saturated heterocycles. The average molecular weight is 539 g/mol. The van der Waals surface area contributed by atoms with E-state index < -0.39 is 38.5 Å². The van der Waals surface area contributed by atoms with Crippen LogP contribution in [0.2, 0.25) is 5.28 Å². The summed E-state index contributed by atoms with van der Waals surface area (Å²) in [5.74, 6) is 0.849. The summed E-state index contributed by atoms with van der Waals surface area (Å²) < 4.78 is 30.2. The minimum absolute atomic E-state index is 0.0491. The number of aliphatic hydroxyl groups excluding tert-OH is 2. The largest absolute Gasteiger partial charge is 0.423 e. The first-order valence-corrected chi connectivity index (χ1v) is 13.9. The van der Waals surface area contributed by atoms with Crippen molar-refractivity contribution in [2.45, 2.75) is 56.3 Å². The molecule has 2 aliphatic rings. The lowest BCUT2D eigenvalue weighted by Gasteiger charge is -2.18. The Morgan fingerprint density at radius 2 is 1.89 bits per heavy atom. The normalized spacial score (nSPS) is 26.3. The van der Waals surface area contributed by atoms with Crippen molar-refractivity contribution in [3.63, 3.8) is 0 Å². The maximum absolute atomic E-state index is 12.3. The molecule has 1 aliphatic heterocycles. The van der Waals surface area contributed by atoms with Gasteiger partial charge in [-0.15, -0.1) is 0 Å². The molecule has 3 heterocycles. The summed E-state index contributed by atoms with van der Waals surface area (Å²) in [4.78, 5) is 18.7. The third kappa shape index (κ3) is 5.52. The molecule has 5 rings (SSSR count). The van der Waals surface area contributed by atoms with Gasteiger partial charge in [0.05, 0.1) is 12.0 Å². The van der Waals surface area contributed by atoms with Gasteiger partial charge in [0, 0.05) is 12.2 Å². The zero-order valence-corrected chi connectivity index (χ0v) is 21.0. The SMILES string of the molecule is O=P(O)(COCC1OC(n2ccc3c(NC4CCCC4)nc(Cl)nc32)[C@H](O)[C@@H]1O)Oc1ccccc1. The second-order valence-electron chi connectivity index (χ2n) is 9.02. The van der Waals surface area contributed by atoms with Gasteiger partial charge in [-0.1, -0.05) is 31.0 Å². The van der Waals surface area contributed by atoms with Crippen molar-refractivity contribution in [3.8, 4) is 5.75 Å². The van der Waals surface area contributed by atoms with E-state index in [-0.39, 0.29) is 17.6 Å². The fraction of sp³-hybridized carbons (Fsp3) is 0.478. The van der Waals surface area contributed by atoms with Crippen LogP contribution in [0.3, 0.4) is 0 Å². The molecule has 13 heteroatoms. The number of anilines is 1. The van der Waals surface area contributed by atoms with Crippen LogP contribution in [-0.4, -0.2) is 67.0 Å². The van der Waals surface area contributed by atoms with E-state index in [0.29, 0.717) is 17.5 Å². The highest BCUT2D eigenvalue weighted by atomic mass is 35.5. The molecule has 5 atom stereocenters. The summed E-state index contributed by atoms with van der Waals surface area (Å²) in [5.41, 5.74) is 0.449. The second-order valence-corrected chi connectivity index (χ2v) is 11.1. The molecule has 1 aliphatic carbocycles. The maximum atomic E-state index is 12.3. The molecule has 0 bridgehead atoms. The Hall–Kier alpha value is -2.24. The summed E-state index contributed by atoms with van der Waals surface area (Å²) in [7, 11) is -4.09. The number of rotatable bonds is 9. The van der Waals surface area contributed by atoms with Crippen LogP contribution in [0.15, 0.2) is 42.6 Å². The predicted octanol–water partition coefficient (Wildman–Crippen LogP) is 3.30. The van der Waals surface area contributed by atoms with Gasteiger partial charge in [-0.2, -0.15) is 4.98 Å². The van der Waals surface area contributed by atoms with Gasteiger partial charge < -0.3 is 39.0 Å². The highest BCUT2D eigenvalue weighted by Crippen LogP contribution is 2.43. The molecule has 0 radical (unpaired) electrons. The van der Waals surface area contributed by atoms with Gasteiger partial charge in [0.25, 0.3) is 0 Å². The lowest BCUT2D eigenvalue weighted by atomic mass is 10.1. The Morgan fingerprint density at radius 3 is 2.64 bits per heavy atom. The number of nitrogens with one attached hydrogen (secondary N) is 1. The van der Waals surface area contributed by atoms with Crippen molar-refractivity contribution in [1.82, 2.24) is 14.5 Å². The van der Waals surface area contributed by atoms with E-state index in [1.165, 1.54) is 0 Å². The summed E-state index contributed by atoms with van der Waals surface area (Å²) in [6.07, 6.45) is 0.992.